The van der Waals surface area contributed by atoms with Gasteiger partial charge in [0.25, 0.3) is 0 Å². The van der Waals surface area contributed by atoms with E-state index in [2.05, 4.69) is 20.2 Å². The lowest BCUT2D eigenvalue weighted by Gasteiger charge is -2.26. The van der Waals surface area contributed by atoms with Gasteiger partial charge in [-0.2, -0.15) is 5.10 Å². The first-order chi connectivity index (χ1) is 15.1. The lowest BCUT2D eigenvalue weighted by Crippen LogP contribution is -2.29. The molecule has 0 aliphatic heterocycles. The van der Waals surface area contributed by atoms with E-state index in [1.807, 2.05) is 22.8 Å². The Morgan fingerprint density at radius 1 is 1.10 bits per heavy atom. The summed E-state index contributed by atoms with van der Waals surface area (Å²) in [6.45, 7) is 0. The summed E-state index contributed by atoms with van der Waals surface area (Å²) in [6, 6.07) is 5.83. The SMILES string of the molecule is Cn1c(=O)n([C@H]2CC[C@H](O)CC2)c2c3nc(-c4ccnc5[nH]ncc45)ccc3ncc21. The molecule has 6 rings (SSSR count). The van der Waals surface area contributed by atoms with Crippen LogP contribution >= 0.6 is 0 Å². The summed E-state index contributed by atoms with van der Waals surface area (Å²) in [7, 11) is 1.77. The number of aliphatic hydroxyl groups is 1. The van der Waals surface area contributed by atoms with E-state index in [4.69, 9.17) is 4.98 Å². The molecule has 1 aliphatic rings. The molecule has 156 valence electrons. The van der Waals surface area contributed by atoms with Crippen LogP contribution in [0.4, 0.5) is 0 Å². The zero-order valence-corrected chi connectivity index (χ0v) is 17.0. The maximum absolute atomic E-state index is 13.2. The molecule has 0 amide bonds. The molecule has 1 fully saturated rings. The minimum absolute atomic E-state index is 0.0390. The maximum Gasteiger partial charge on any atom is 0.329 e. The largest absolute Gasteiger partial charge is 0.393 e. The highest BCUT2D eigenvalue weighted by Crippen LogP contribution is 2.33. The van der Waals surface area contributed by atoms with Crippen molar-refractivity contribution >= 4 is 33.1 Å². The van der Waals surface area contributed by atoms with Gasteiger partial charge in [-0.3, -0.25) is 19.2 Å². The van der Waals surface area contributed by atoms with Gasteiger partial charge in [0.15, 0.2) is 5.65 Å². The number of hydrogen-bond donors (Lipinski definition) is 2. The van der Waals surface area contributed by atoms with Gasteiger partial charge in [0.1, 0.15) is 5.52 Å². The molecule has 5 aromatic heterocycles. The lowest BCUT2D eigenvalue weighted by molar-refractivity contribution is 0.111. The van der Waals surface area contributed by atoms with Crippen molar-refractivity contribution in [2.75, 3.05) is 0 Å². The van der Waals surface area contributed by atoms with Crippen LogP contribution in [0.3, 0.4) is 0 Å². The number of nitrogens with one attached hydrogen (secondary N) is 1. The molecule has 0 saturated heterocycles. The van der Waals surface area contributed by atoms with Gasteiger partial charge in [-0.15, -0.1) is 0 Å². The van der Waals surface area contributed by atoms with E-state index in [1.165, 1.54) is 0 Å². The van der Waals surface area contributed by atoms with E-state index in [0.717, 1.165) is 46.0 Å². The fraction of sp³-hybridized carbons (Fsp3) is 0.318. The van der Waals surface area contributed by atoms with Crippen molar-refractivity contribution in [3.63, 3.8) is 0 Å². The molecule has 9 heteroatoms. The summed E-state index contributed by atoms with van der Waals surface area (Å²) in [6.07, 6.45) is 7.87. The van der Waals surface area contributed by atoms with Crippen LogP contribution in [-0.2, 0) is 7.05 Å². The van der Waals surface area contributed by atoms with Crippen LogP contribution < -0.4 is 5.69 Å². The number of fused-ring (bicyclic) bond motifs is 4. The molecule has 1 saturated carbocycles. The molecule has 9 nitrogen and oxygen atoms in total. The smallest absolute Gasteiger partial charge is 0.329 e. The highest BCUT2D eigenvalue weighted by atomic mass is 16.3. The van der Waals surface area contributed by atoms with E-state index < -0.39 is 0 Å². The van der Waals surface area contributed by atoms with Crippen LogP contribution in [0.5, 0.6) is 0 Å². The van der Waals surface area contributed by atoms with Crippen LogP contribution in [0.15, 0.2) is 41.6 Å². The number of aromatic nitrogens is 7. The van der Waals surface area contributed by atoms with Gasteiger partial charge in [-0.05, 0) is 43.9 Å². The Morgan fingerprint density at radius 3 is 2.77 bits per heavy atom. The summed E-state index contributed by atoms with van der Waals surface area (Å²) in [5.74, 6) is 0. The minimum atomic E-state index is -0.283. The number of rotatable bonds is 2. The molecule has 0 unspecified atom stereocenters. The van der Waals surface area contributed by atoms with E-state index in [-0.39, 0.29) is 17.8 Å². The normalized spacial score (nSPS) is 19.5. The highest BCUT2D eigenvalue weighted by molar-refractivity contribution is 6.01. The fourth-order valence-corrected chi connectivity index (χ4v) is 4.77. The highest BCUT2D eigenvalue weighted by Gasteiger charge is 2.26. The first-order valence-corrected chi connectivity index (χ1v) is 10.4. The minimum Gasteiger partial charge on any atom is -0.393 e. The lowest BCUT2D eigenvalue weighted by atomic mass is 9.93. The van der Waals surface area contributed by atoms with Crippen LogP contribution in [0.2, 0.25) is 0 Å². The van der Waals surface area contributed by atoms with Crippen molar-refractivity contribution in [3.05, 3.63) is 47.3 Å². The van der Waals surface area contributed by atoms with Gasteiger partial charge in [-0.1, -0.05) is 0 Å². The average molecular weight is 415 g/mol. The van der Waals surface area contributed by atoms with E-state index in [9.17, 15) is 9.90 Å². The number of nitrogens with zero attached hydrogens (tertiary/aromatic N) is 6. The summed E-state index contributed by atoms with van der Waals surface area (Å²) >= 11 is 0. The van der Waals surface area contributed by atoms with Crippen LogP contribution in [0.1, 0.15) is 31.7 Å². The van der Waals surface area contributed by atoms with Crippen molar-refractivity contribution in [2.45, 2.75) is 37.8 Å². The van der Waals surface area contributed by atoms with Crippen LogP contribution in [0, 0.1) is 0 Å². The Morgan fingerprint density at radius 2 is 1.94 bits per heavy atom. The molecular weight excluding hydrogens is 394 g/mol. The monoisotopic (exact) mass is 415 g/mol. The third kappa shape index (κ3) is 2.70. The van der Waals surface area contributed by atoms with Crippen molar-refractivity contribution in [1.29, 1.82) is 0 Å². The number of H-pyrrole nitrogens is 1. The Balaban J connectivity index is 1.63. The van der Waals surface area contributed by atoms with Crippen molar-refractivity contribution < 1.29 is 5.11 Å². The molecule has 0 bridgehead atoms. The van der Waals surface area contributed by atoms with Crippen molar-refractivity contribution in [3.8, 4) is 11.3 Å². The molecule has 0 atom stereocenters. The zero-order valence-electron chi connectivity index (χ0n) is 17.0. The van der Waals surface area contributed by atoms with Gasteiger partial charge in [0, 0.05) is 30.2 Å². The predicted octanol–water partition coefficient (Wildman–Crippen LogP) is 2.70. The second-order valence-corrected chi connectivity index (χ2v) is 8.22. The molecule has 0 aromatic carbocycles. The zero-order chi connectivity index (χ0) is 21.1. The summed E-state index contributed by atoms with van der Waals surface area (Å²) in [5.41, 5.74) is 5.33. The molecule has 0 spiro atoms. The molecule has 0 radical (unpaired) electrons. The predicted molar refractivity (Wildman–Crippen MR) is 117 cm³/mol. The number of aromatic amines is 1. The topological polar surface area (TPSA) is 115 Å². The number of aliphatic hydroxyl groups excluding tert-OH is 1. The fourth-order valence-electron chi connectivity index (χ4n) is 4.77. The van der Waals surface area contributed by atoms with Gasteiger partial charge in [-0.25, -0.2) is 14.8 Å². The molecule has 2 N–H and O–H groups in total. The Labute approximate surface area is 176 Å². The summed E-state index contributed by atoms with van der Waals surface area (Å²) < 4.78 is 3.50. The third-order valence-electron chi connectivity index (χ3n) is 6.42. The van der Waals surface area contributed by atoms with Crippen molar-refractivity contribution in [2.24, 2.45) is 7.05 Å². The molecule has 5 heterocycles. The van der Waals surface area contributed by atoms with E-state index >= 15 is 0 Å². The first kappa shape index (κ1) is 18.2. The Bertz CT molecular complexity index is 1510. The Kier molecular flexibility index (Phi) is 3.94. The summed E-state index contributed by atoms with van der Waals surface area (Å²) in [4.78, 5) is 27.0. The molecule has 1 aliphatic carbocycles. The van der Waals surface area contributed by atoms with Gasteiger partial charge in [0.2, 0.25) is 0 Å². The first-order valence-electron chi connectivity index (χ1n) is 10.4. The van der Waals surface area contributed by atoms with Gasteiger partial charge in [0.05, 0.1) is 40.7 Å². The number of aryl methyl sites for hydroxylation is 1. The maximum atomic E-state index is 13.2. The standard InChI is InChI=1S/C22H21N7O2/c1-28-18-11-24-17-7-6-16(14-8-9-23-21-15(14)10-25-27-21)26-19(17)20(18)29(22(28)31)12-2-4-13(30)5-3-12/h6-13,30H,2-5H2,1H3,(H,23,25,27)/t12-,13-. The third-order valence-corrected chi connectivity index (χ3v) is 6.42. The quantitative estimate of drug-likeness (QED) is 0.458. The van der Waals surface area contributed by atoms with E-state index in [0.29, 0.717) is 24.0 Å². The van der Waals surface area contributed by atoms with Crippen LogP contribution in [0.25, 0.3) is 44.4 Å². The average Bonchev–Trinajstić information content (AvgIpc) is 3.37. The number of hydrogen-bond acceptors (Lipinski definition) is 6. The molecular formula is C22H21N7O2. The second kappa shape index (κ2) is 6.71. The molecule has 31 heavy (non-hydrogen) atoms. The van der Waals surface area contributed by atoms with Crippen LogP contribution in [-0.4, -0.2) is 45.5 Å². The van der Waals surface area contributed by atoms with E-state index in [1.54, 1.807) is 30.2 Å². The molecule has 5 aromatic rings. The summed E-state index contributed by atoms with van der Waals surface area (Å²) in [5, 5.41) is 17.8. The van der Waals surface area contributed by atoms with Gasteiger partial charge >= 0.3 is 5.69 Å². The van der Waals surface area contributed by atoms with Crippen molar-refractivity contribution in [1.82, 2.24) is 34.3 Å². The number of pyridine rings is 3. The van der Waals surface area contributed by atoms with Gasteiger partial charge < -0.3 is 5.11 Å². The second-order valence-electron chi connectivity index (χ2n) is 8.22. The Hall–Kier alpha value is -3.59. The number of imidazole rings is 1.